The van der Waals surface area contributed by atoms with Crippen LogP contribution in [0.4, 0.5) is 13.2 Å². The van der Waals surface area contributed by atoms with Gasteiger partial charge in [-0.1, -0.05) is 12.1 Å². The van der Waals surface area contributed by atoms with Crippen molar-refractivity contribution in [3.63, 3.8) is 0 Å². The summed E-state index contributed by atoms with van der Waals surface area (Å²) in [5.41, 5.74) is -0.912. The van der Waals surface area contributed by atoms with Crippen LogP contribution in [0, 0.1) is 5.92 Å². The van der Waals surface area contributed by atoms with Gasteiger partial charge in [0.15, 0.2) is 0 Å². The minimum absolute atomic E-state index is 0.0622. The Morgan fingerprint density at radius 2 is 2.00 bits per heavy atom. The Morgan fingerprint density at radius 1 is 1.35 bits per heavy atom. The number of carboxylic acids is 1. The summed E-state index contributed by atoms with van der Waals surface area (Å²) in [6, 6.07) is 3.41. The number of carboxylic acid groups (broad SMARTS) is 1. The second kappa shape index (κ2) is 3.73. The highest BCUT2D eigenvalue weighted by molar-refractivity contribution is 5.73. The number of benzene rings is 1. The highest BCUT2D eigenvalue weighted by Gasteiger charge is 2.42. The topological polar surface area (TPSA) is 57.5 Å². The van der Waals surface area contributed by atoms with Gasteiger partial charge in [-0.25, -0.2) is 0 Å². The van der Waals surface area contributed by atoms with Crippen molar-refractivity contribution in [1.29, 1.82) is 0 Å². The quantitative estimate of drug-likeness (QED) is 0.796. The lowest BCUT2D eigenvalue weighted by Crippen LogP contribution is -2.18. The van der Waals surface area contributed by atoms with Crippen LogP contribution in [0.5, 0.6) is 0 Å². The van der Waals surface area contributed by atoms with E-state index >= 15 is 0 Å². The van der Waals surface area contributed by atoms with Gasteiger partial charge in [0.2, 0.25) is 0 Å². The molecular weight excluding hydrogens is 237 g/mol. The molecule has 92 valence electrons. The van der Waals surface area contributed by atoms with Crippen LogP contribution in [-0.2, 0) is 17.4 Å². The predicted octanol–water partition coefficient (Wildman–Crippen LogP) is 2.00. The second-order valence-corrected chi connectivity index (χ2v) is 3.96. The monoisotopic (exact) mass is 246 g/mol. The van der Waals surface area contributed by atoms with Gasteiger partial charge in [0, 0.05) is 0 Å². The molecule has 3 nitrogen and oxygen atoms in total. The SMILES string of the molecule is O=C(O)C1Cc2c(cccc2C(F)(F)F)C1O. The minimum atomic E-state index is -4.53. The normalized spacial score (nSPS) is 23.5. The summed E-state index contributed by atoms with van der Waals surface area (Å²) in [6.07, 6.45) is -6.19. The summed E-state index contributed by atoms with van der Waals surface area (Å²) in [4.78, 5) is 10.8. The Morgan fingerprint density at radius 3 is 2.53 bits per heavy atom. The van der Waals surface area contributed by atoms with Crippen LogP contribution in [0.25, 0.3) is 0 Å². The highest BCUT2D eigenvalue weighted by atomic mass is 19.4. The number of alkyl halides is 3. The molecule has 0 amide bonds. The summed E-state index contributed by atoms with van der Waals surface area (Å²) in [5.74, 6) is -2.49. The number of aliphatic hydroxyl groups excluding tert-OH is 1. The van der Waals surface area contributed by atoms with Gasteiger partial charge in [-0.05, 0) is 23.6 Å². The van der Waals surface area contributed by atoms with Gasteiger partial charge in [-0.3, -0.25) is 4.79 Å². The fourth-order valence-corrected chi connectivity index (χ4v) is 2.15. The second-order valence-electron chi connectivity index (χ2n) is 3.96. The zero-order valence-corrected chi connectivity index (χ0v) is 8.53. The summed E-state index contributed by atoms with van der Waals surface area (Å²) in [6.45, 7) is 0. The Labute approximate surface area is 94.5 Å². The first kappa shape index (κ1) is 11.9. The van der Waals surface area contributed by atoms with E-state index in [-0.39, 0.29) is 17.5 Å². The molecule has 0 heterocycles. The molecule has 0 radical (unpaired) electrons. The maximum Gasteiger partial charge on any atom is 0.416 e. The Balaban J connectivity index is 2.51. The van der Waals surface area contributed by atoms with E-state index in [1.165, 1.54) is 12.1 Å². The Bertz CT molecular complexity index is 468. The Kier molecular flexibility index (Phi) is 2.61. The first-order valence-corrected chi connectivity index (χ1v) is 4.92. The van der Waals surface area contributed by atoms with Crippen LogP contribution in [-0.4, -0.2) is 16.2 Å². The molecule has 1 aliphatic carbocycles. The van der Waals surface area contributed by atoms with Crippen LogP contribution >= 0.6 is 0 Å². The molecule has 6 heteroatoms. The van der Waals surface area contributed by atoms with Gasteiger partial charge >= 0.3 is 12.1 Å². The summed E-state index contributed by atoms with van der Waals surface area (Å²) < 4.78 is 38.0. The number of hydrogen-bond donors (Lipinski definition) is 2. The number of aliphatic carboxylic acids is 1. The molecule has 0 aliphatic heterocycles. The van der Waals surface area contributed by atoms with Crippen LogP contribution in [0.2, 0.25) is 0 Å². The van der Waals surface area contributed by atoms with Gasteiger partial charge in [-0.15, -0.1) is 0 Å². The zero-order chi connectivity index (χ0) is 12.8. The number of halogens is 3. The van der Waals surface area contributed by atoms with Gasteiger partial charge < -0.3 is 10.2 Å². The molecule has 2 rings (SSSR count). The van der Waals surface area contributed by atoms with E-state index in [0.717, 1.165) is 6.07 Å². The van der Waals surface area contributed by atoms with Crippen molar-refractivity contribution in [2.45, 2.75) is 18.7 Å². The van der Waals surface area contributed by atoms with E-state index in [4.69, 9.17) is 5.11 Å². The number of aliphatic hydroxyl groups is 1. The van der Waals surface area contributed by atoms with E-state index in [0.29, 0.717) is 0 Å². The smallest absolute Gasteiger partial charge is 0.416 e. The average Bonchev–Trinajstić information content (AvgIpc) is 2.55. The molecule has 1 aromatic carbocycles. The fraction of sp³-hybridized carbons (Fsp3) is 0.364. The lowest BCUT2D eigenvalue weighted by molar-refractivity contribution is -0.145. The van der Waals surface area contributed by atoms with Gasteiger partial charge in [0.1, 0.15) is 0 Å². The van der Waals surface area contributed by atoms with Crippen molar-refractivity contribution >= 4 is 5.97 Å². The van der Waals surface area contributed by atoms with E-state index in [1.54, 1.807) is 0 Å². The van der Waals surface area contributed by atoms with Crippen LogP contribution in [0.3, 0.4) is 0 Å². The van der Waals surface area contributed by atoms with E-state index in [2.05, 4.69) is 0 Å². The van der Waals surface area contributed by atoms with Crippen molar-refractivity contribution in [1.82, 2.24) is 0 Å². The number of hydrogen-bond acceptors (Lipinski definition) is 2. The maximum atomic E-state index is 12.7. The highest BCUT2D eigenvalue weighted by Crippen LogP contribution is 2.42. The predicted molar refractivity (Wildman–Crippen MR) is 51.2 cm³/mol. The van der Waals surface area contributed by atoms with Gasteiger partial charge in [-0.2, -0.15) is 13.2 Å². The van der Waals surface area contributed by atoms with Crippen LogP contribution in [0.15, 0.2) is 18.2 Å². The molecule has 2 N–H and O–H groups in total. The molecule has 2 unspecified atom stereocenters. The molecule has 0 saturated carbocycles. The van der Waals surface area contributed by atoms with Crippen LogP contribution < -0.4 is 0 Å². The third-order valence-electron chi connectivity index (χ3n) is 2.96. The van der Waals surface area contributed by atoms with Gasteiger partial charge in [0.25, 0.3) is 0 Å². The maximum absolute atomic E-state index is 12.7. The van der Waals surface area contributed by atoms with Crippen molar-refractivity contribution < 1.29 is 28.2 Å². The third-order valence-corrected chi connectivity index (χ3v) is 2.96. The van der Waals surface area contributed by atoms with Crippen molar-refractivity contribution in [2.24, 2.45) is 5.92 Å². The summed E-state index contributed by atoms with van der Waals surface area (Å²) >= 11 is 0. The minimum Gasteiger partial charge on any atom is -0.481 e. The van der Waals surface area contributed by atoms with Crippen molar-refractivity contribution in [3.8, 4) is 0 Å². The van der Waals surface area contributed by atoms with Crippen molar-refractivity contribution in [2.75, 3.05) is 0 Å². The van der Waals surface area contributed by atoms with E-state index in [1.807, 2.05) is 0 Å². The number of fused-ring (bicyclic) bond motifs is 1. The molecule has 0 bridgehead atoms. The lowest BCUT2D eigenvalue weighted by atomic mass is 10.0. The molecule has 0 spiro atoms. The summed E-state index contributed by atoms with van der Waals surface area (Å²) in [5, 5.41) is 18.5. The Hall–Kier alpha value is -1.56. The average molecular weight is 246 g/mol. The molecule has 17 heavy (non-hydrogen) atoms. The zero-order valence-electron chi connectivity index (χ0n) is 8.53. The molecule has 1 aliphatic rings. The number of carbonyl (C=O) groups is 1. The van der Waals surface area contributed by atoms with E-state index in [9.17, 15) is 23.1 Å². The molecule has 1 aromatic rings. The molecule has 0 fully saturated rings. The molecular formula is C11H9F3O3. The molecule has 2 atom stereocenters. The van der Waals surface area contributed by atoms with E-state index < -0.39 is 29.7 Å². The number of rotatable bonds is 1. The van der Waals surface area contributed by atoms with Crippen LogP contribution in [0.1, 0.15) is 22.8 Å². The molecule has 0 saturated heterocycles. The largest absolute Gasteiger partial charge is 0.481 e. The third kappa shape index (κ3) is 1.88. The standard InChI is InChI=1S/C11H9F3O3/c12-11(13,14)8-3-1-2-5-6(8)4-7(9(5)15)10(16)17/h1-3,7,9,15H,4H2,(H,16,17). The van der Waals surface area contributed by atoms with Crippen molar-refractivity contribution in [3.05, 3.63) is 34.9 Å². The first-order valence-electron chi connectivity index (χ1n) is 4.92. The fourth-order valence-electron chi connectivity index (χ4n) is 2.15. The summed E-state index contributed by atoms with van der Waals surface area (Å²) in [7, 11) is 0. The van der Waals surface area contributed by atoms with Gasteiger partial charge in [0.05, 0.1) is 17.6 Å². The molecule has 0 aromatic heterocycles. The lowest BCUT2D eigenvalue weighted by Gasteiger charge is -2.11. The first-order chi connectivity index (χ1) is 7.82.